The highest BCUT2D eigenvalue weighted by Crippen LogP contribution is 2.29. The quantitative estimate of drug-likeness (QED) is 0.449. The monoisotopic (exact) mass is 421 g/mol. The van der Waals surface area contributed by atoms with E-state index in [0.29, 0.717) is 16.9 Å². The van der Waals surface area contributed by atoms with Crippen molar-refractivity contribution >= 4 is 22.8 Å². The van der Waals surface area contributed by atoms with E-state index in [1.807, 2.05) is 12.1 Å². The highest BCUT2D eigenvalue weighted by Gasteiger charge is 2.26. The maximum Gasteiger partial charge on any atom is 0.345 e. The van der Waals surface area contributed by atoms with Gasteiger partial charge in [0.15, 0.2) is 6.61 Å². The third-order valence-electron chi connectivity index (χ3n) is 5.32. The molecule has 31 heavy (non-hydrogen) atoms. The van der Waals surface area contributed by atoms with Crippen LogP contribution in [-0.2, 0) is 27.2 Å². The number of rotatable bonds is 6. The first kappa shape index (κ1) is 20.7. The molecular weight excluding hydrogens is 398 g/mol. The van der Waals surface area contributed by atoms with Crippen molar-refractivity contribution in [2.45, 2.75) is 25.4 Å². The first-order valence-electron chi connectivity index (χ1n) is 10.1. The predicted molar refractivity (Wildman–Crippen MR) is 114 cm³/mol. The molecule has 7 heteroatoms. The van der Waals surface area contributed by atoms with E-state index in [0.717, 1.165) is 35.8 Å². The number of likely N-dealkylation sites (N-methyl/N-ethyl adjacent to an activating group) is 1. The van der Waals surface area contributed by atoms with Gasteiger partial charge < -0.3 is 18.8 Å². The molecule has 0 saturated heterocycles. The van der Waals surface area contributed by atoms with Gasteiger partial charge in [-0.1, -0.05) is 30.3 Å². The summed E-state index contributed by atoms with van der Waals surface area (Å²) in [5, 5.41) is 0.891. The number of carbonyl (C=O) groups excluding carboxylic acids is 2. The summed E-state index contributed by atoms with van der Waals surface area (Å²) in [5.41, 5.74) is 2.48. The molecule has 0 radical (unpaired) electrons. The van der Waals surface area contributed by atoms with E-state index in [4.69, 9.17) is 13.9 Å². The van der Waals surface area contributed by atoms with Gasteiger partial charge in [-0.05, 0) is 37.0 Å². The van der Waals surface area contributed by atoms with Crippen LogP contribution in [0, 0.1) is 0 Å². The van der Waals surface area contributed by atoms with Crippen LogP contribution >= 0.6 is 0 Å². The number of aryl methyl sites for hydroxylation is 1. The van der Waals surface area contributed by atoms with Gasteiger partial charge in [-0.3, -0.25) is 4.79 Å². The van der Waals surface area contributed by atoms with Crippen molar-refractivity contribution in [2.75, 3.05) is 20.7 Å². The second-order valence-corrected chi connectivity index (χ2v) is 7.66. The molecule has 160 valence electrons. The van der Waals surface area contributed by atoms with Crippen molar-refractivity contribution in [3.05, 3.63) is 75.6 Å². The SMILES string of the molecule is CN(C)C(=O)[C@@H](OC(=O)COc1ccc2c3c(c(=O)oc2c1)CCC3)c1ccccc1. The van der Waals surface area contributed by atoms with Crippen LogP contribution in [0.1, 0.15) is 29.2 Å². The number of hydrogen-bond donors (Lipinski definition) is 0. The molecular formula is C24H23NO6. The molecule has 1 atom stereocenters. The molecule has 0 saturated carbocycles. The summed E-state index contributed by atoms with van der Waals surface area (Å²) in [4.78, 5) is 38.4. The molecule has 1 heterocycles. The molecule has 3 aromatic rings. The minimum atomic E-state index is -1.05. The van der Waals surface area contributed by atoms with Gasteiger partial charge in [0.2, 0.25) is 6.10 Å². The van der Waals surface area contributed by atoms with Gasteiger partial charge in [0.1, 0.15) is 11.3 Å². The molecule has 0 N–H and O–H groups in total. The number of benzene rings is 2. The van der Waals surface area contributed by atoms with Crippen molar-refractivity contribution in [1.82, 2.24) is 4.90 Å². The Hall–Kier alpha value is -3.61. The topological polar surface area (TPSA) is 86.0 Å². The van der Waals surface area contributed by atoms with Gasteiger partial charge in [0.25, 0.3) is 5.91 Å². The van der Waals surface area contributed by atoms with E-state index < -0.39 is 12.1 Å². The van der Waals surface area contributed by atoms with Gasteiger partial charge >= 0.3 is 11.6 Å². The molecule has 2 aromatic carbocycles. The summed E-state index contributed by atoms with van der Waals surface area (Å²) in [7, 11) is 3.20. The Morgan fingerprint density at radius 3 is 2.55 bits per heavy atom. The number of nitrogens with zero attached hydrogens (tertiary/aromatic N) is 1. The van der Waals surface area contributed by atoms with E-state index in [1.165, 1.54) is 4.90 Å². The van der Waals surface area contributed by atoms with E-state index in [2.05, 4.69) is 0 Å². The number of amides is 1. The van der Waals surface area contributed by atoms with E-state index >= 15 is 0 Å². The third kappa shape index (κ3) is 4.30. The molecule has 0 unspecified atom stereocenters. The Balaban J connectivity index is 1.47. The van der Waals surface area contributed by atoms with Gasteiger partial charge in [-0.15, -0.1) is 0 Å². The van der Waals surface area contributed by atoms with Gasteiger partial charge in [-0.2, -0.15) is 0 Å². The Kier molecular flexibility index (Phi) is 5.75. The zero-order valence-electron chi connectivity index (χ0n) is 17.4. The summed E-state index contributed by atoms with van der Waals surface area (Å²) in [5.74, 6) is -0.652. The van der Waals surface area contributed by atoms with Crippen molar-refractivity contribution in [3.8, 4) is 5.75 Å². The summed E-state index contributed by atoms with van der Waals surface area (Å²) in [6, 6.07) is 14.0. The van der Waals surface area contributed by atoms with Crippen LogP contribution < -0.4 is 10.4 Å². The van der Waals surface area contributed by atoms with E-state index in [1.54, 1.807) is 50.5 Å². The lowest BCUT2D eigenvalue weighted by molar-refractivity contribution is -0.161. The van der Waals surface area contributed by atoms with Gasteiger partial charge in [0, 0.05) is 36.7 Å². The summed E-state index contributed by atoms with van der Waals surface area (Å²) >= 11 is 0. The Labute approximate surface area is 179 Å². The Morgan fingerprint density at radius 2 is 1.81 bits per heavy atom. The number of fused-ring (bicyclic) bond motifs is 3. The standard InChI is InChI=1S/C24H23NO6/c1-25(2)23(27)22(15-7-4-3-5-8-15)31-21(26)14-29-16-11-12-18-17-9-6-10-19(17)24(28)30-20(18)13-16/h3-5,7-8,11-13,22H,6,9-10,14H2,1-2H3/t22-/m0/s1. The fourth-order valence-electron chi connectivity index (χ4n) is 3.78. The Morgan fingerprint density at radius 1 is 1.06 bits per heavy atom. The van der Waals surface area contributed by atoms with Crippen LogP contribution in [0.15, 0.2) is 57.7 Å². The lowest BCUT2D eigenvalue weighted by Gasteiger charge is -2.21. The molecule has 7 nitrogen and oxygen atoms in total. The van der Waals surface area contributed by atoms with Crippen molar-refractivity contribution in [1.29, 1.82) is 0 Å². The summed E-state index contributed by atoms with van der Waals surface area (Å²) < 4.78 is 16.4. The second-order valence-electron chi connectivity index (χ2n) is 7.66. The maximum atomic E-state index is 12.5. The largest absolute Gasteiger partial charge is 0.482 e. The Bertz CT molecular complexity index is 1180. The smallest absolute Gasteiger partial charge is 0.345 e. The summed E-state index contributed by atoms with van der Waals surface area (Å²) in [6.45, 7) is -0.384. The van der Waals surface area contributed by atoms with Gasteiger partial charge in [0.05, 0.1) is 0 Å². The van der Waals surface area contributed by atoms with Crippen LogP contribution in [0.4, 0.5) is 0 Å². The van der Waals surface area contributed by atoms with E-state index in [9.17, 15) is 14.4 Å². The molecule has 4 rings (SSSR count). The maximum absolute atomic E-state index is 12.5. The van der Waals surface area contributed by atoms with Crippen LogP contribution in [0.25, 0.3) is 11.0 Å². The number of carbonyl (C=O) groups is 2. The zero-order chi connectivity index (χ0) is 22.0. The third-order valence-corrected chi connectivity index (χ3v) is 5.32. The van der Waals surface area contributed by atoms with Crippen molar-refractivity contribution in [3.63, 3.8) is 0 Å². The van der Waals surface area contributed by atoms with E-state index in [-0.39, 0.29) is 18.1 Å². The molecule has 1 aromatic heterocycles. The summed E-state index contributed by atoms with van der Waals surface area (Å²) in [6.07, 6.45) is 1.48. The normalized spacial score (nSPS) is 13.5. The molecule has 0 bridgehead atoms. The molecule has 1 aliphatic rings. The zero-order valence-corrected chi connectivity index (χ0v) is 17.4. The highest BCUT2D eigenvalue weighted by atomic mass is 16.6. The van der Waals surface area contributed by atoms with Gasteiger partial charge in [-0.25, -0.2) is 9.59 Å². The van der Waals surface area contributed by atoms with Crippen LogP contribution in [0.3, 0.4) is 0 Å². The van der Waals surface area contributed by atoms with Crippen molar-refractivity contribution < 1.29 is 23.5 Å². The van der Waals surface area contributed by atoms with Crippen LogP contribution in [0.2, 0.25) is 0 Å². The fraction of sp³-hybridized carbons (Fsp3) is 0.292. The number of esters is 1. The first-order chi connectivity index (χ1) is 14.9. The fourth-order valence-corrected chi connectivity index (χ4v) is 3.78. The predicted octanol–water partition coefficient (Wildman–Crippen LogP) is 3.03. The highest BCUT2D eigenvalue weighted by molar-refractivity contribution is 5.85. The lowest BCUT2D eigenvalue weighted by Crippen LogP contribution is -2.32. The molecule has 0 spiro atoms. The lowest BCUT2D eigenvalue weighted by atomic mass is 10.1. The molecule has 1 aliphatic carbocycles. The second kappa shape index (κ2) is 8.63. The van der Waals surface area contributed by atoms with Crippen LogP contribution in [0.5, 0.6) is 5.75 Å². The van der Waals surface area contributed by atoms with Crippen LogP contribution in [-0.4, -0.2) is 37.5 Å². The first-order valence-corrected chi connectivity index (χ1v) is 10.1. The minimum absolute atomic E-state index is 0.315. The number of hydrogen-bond acceptors (Lipinski definition) is 6. The average Bonchev–Trinajstić information content (AvgIpc) is 3.27. The van der Waals surface area contributed by atoms with Crippen molar-refractivity contribution in [2.24, 2.45) is 0 Å². The number of ether oxygens (including phenoxy) is 2. The molecule has 0 aliphatic heterocycles. The minimum Gasteiger partial charge on any atom is -0.482 e. The molecule has 1 amide bonds. The average molecular weight is 421 g/mol. The molecule has 0 fully saturated rings.